The average Bonchev–Trinajstić information content (AvgIpc) is 2.81. The average molecular weight is 547 g/mol. The summed E-state index contributed by atoms with van der Waals surface area (Å²) in [6.07, 6.45) is 0.924. The van der Waals surface area contributed by atoms with Crippen LogP contribution in [-0.4, -0.2) is 62.4 Å². The van der Waals surface area contributed by atoms with Gasteiger partial charge in [0.05, 0.1) is 18.2 Å². The number of carbonyl (C=O) groups excluding carboxylic acids is 1. The van der Waals surface area contributed by atoms with Crippen molar-refractivity contribution in [3.05, 3.63) is 52.0 Å². The Morgan fingerprint density at radius 1 is 1.03 bits per heavy atom. The molecule has 1 aliphatic heterocycles. The van der Waals surface area contributed by atoms with Gasteiger partial charge in [-0.15, -0.1) is 11.6 Å². The van der Waals surface area contributed by atoms with Gasteiger partial charge in [-0.05, 0) is 49.2 Å². The minimum absolute atomic E-state index is 0.0264. The number of sulfonamides is 1. The summed E-state index contributed by atoms with van der Waals surface area (Å²) in [5.74, 6) is 0.774. The molecule has 182 valence electrons. The zero-order valence-corrected chi connectivity index (χ0v) is 21.1. The molecule has 2 aromatic rings. The first-order chi connectivity index (χ1) is 16.2. The summed E-state index contributed by atoms with van der Waals surface area (Å²) in [6.45, 7) is 0.743. The fourth-order valence-corrected chi connectivity index (χ4v) is 5.53. The van der Waals surface area contributed by atoms with Gasteiger partial charge in [0, 0.05) is 42.1 Å². The second-order valence-corrected chi connectivity index (χ2v) is 10.5. The Labute approximate surface area is 213 Å². The van der Waals surface area contributed by atoms with Crippen LogP contribution in [0, 0.1) is 11.3 Å². The second kappa shape index (κ2) is 12.0. The molecule has 34 heavy (non-hydrogen) atoms. The fraction of sp³-hybridized carbons (Fsp3) is 0.364. The minimum Gasteiger partial charge on any atom is -0.456 e. The number of piperazine rings is 1. The van der Waals surface area contributed by atoms with Crippen LogP contribution in [0.25, 0.3) is 0 Å². The molecule has 0 bridgehead atoms. The maximum Gasteiger partial charge on any atom is 0.409 e. The fourth-order valence-electron chi connectivity index (χ4n) is 3.28. The number of hydrogen-bond acceptors (Lipinski definition) is 6. The SMILES string of the molecule is N#Cc1ccc(Oc2cc(Cl)cc(Cl)c2)c(S(=O)(=O)N2CCN(C(=O)OCCCCCl)CC2)c1. The van der Waals surface area contributed by atoms with Crippen LogP contribution in [0.15, 0.2) is 41.3 Å². The normalized spacial score (nSPS) is 14.5. The number of unbranched alkanes of at least 4 members (excludes halogenated alkanes) is 1. The molecule has 3 rings (SSSR count). The van der Waals surface area contributed by atoms with Gasteiger partial charge in [0.1, 0.15) is 16.4 Å². The number of hydrogen-bond donors (Lipinski definition) is 0. The van der Waals surface area contributed by atoms with Crippen LogP contribution in [-0.2, 0) is 14.8 Å². The summed E-state index contributed by atoms with van der Waals surface area (Å²) in [5, 5.41) is 9.94. The highest BCUT2D eigenvalue weighted by Crippen LogP contribution is 2.34. The van der Waals surface area contributed by atoms with Gasteiger partial charge in [-0.1, -0.05) is 23.2 Å². The van der Waals surface area contributed by atoms with E-state index < -0.39 is 16.1 Å². The van der Waals surface area contributed by atoms with Gasteiger partial charge in [-0.2, -0.15) is 9.57 Å². The second-order valence-electron chi connectivity index (χ2n) is 7.38. The van der Waals surface area contributed by atoms with Crippen molar-refractivity contribution in [2.24, 2.45) is 0 Å². The number of nitrogens with zero attached hydrogens (tertiary/aromatic N) is 3. The van der Waals surface area contributed by atoms with Crippen molar-refractivity contribution in [3.8, 4) is 17.6 Å². The monoisotopic (exact) mass is 545 g/mol. The molecule has 0 saturated carbocycles. The number of rotatable bonds is 8. The van der Waals surface area contributed by atoms with Crippen LogP contribution in [0.4, 0.5) is 4.79 Å². The standard InChI is InChI=1S/C22H22Cl3N3O5S/c23-5-1-2-10-32-22(29)27-6-8-28(9-7-27)34(30,31)21-11-16(15-26)3-4-20(21)33-19-13-17(24)12-18(25)14-19/h3-4,11-14H,1-2,5-10H2. The van der Waals surface area contributed by atoms with Crippen LogP contribution >= 0.6 is 34.8 Å². The molecule has 0 atom stereocenters. The van der Waals surface area contributed by atoms with Crippen molar-refractivity contribution in [1.82, 2.24) is 9.21 Å². The Morgan fingerprint density at radius 2 is 1.71 bits per heavy atom. The molecule has 0 radical (unpaired) electrons. The Hall–Kier alpha value is -2.22. The molecule has 1 saturated heterocycles. The van der Waals surface area contributed by atoms with E-state index in [0.717, 1.165) is 6.42 Å². The first kappa shape index (κ1) is 26.4. The lowest BCUT2D eigenvalue weighted by atomic mass is 10.2. The quantitative estimate of drug-likeness (QED) is 0.337. The van der Waals surface area contributed by atoms with Gasteiger partial charge in [0.25, 0.3) is 0 Å². The number of benzene rings is 2. The summed E-state index contributed by atoms with van der Waals surface area (Å²) < 4.78 is 39.2. The summed E-state index contributed by atoms with van der Waals surface area (Å²) in [5.41, 5.74) is 0.161. The minimum atomic E-state index is -4.04. The van der Waals surface area contributed by atoms with Crippen molar-refractivity contribution in [2.75, 3.05) is 38.7 Å². The molecular weight excluding hydrogens is 525 g/mol. The highest BCUT2D eigenvalue weighted by molar-refractivity contribution is 7.89. The predicted octanol–water partition coefficient (Wildman–Crippen LogP) is 5.12. The van der Waals surface area contributed by atoms with Crippen molar-refractivity contribution < 1.29 is 22.7 Å². The van der Waals surface area contributed by atoms with E-state index in [2.05, 4.69) is 0 Å². The van der Waals surface area contributed by atoms with Crippen molar-refractivity contribution in [3.63, 3.8) is 0 Å². The number of carbonyl (C=O) groups is 1. The number of alkyl halides is 1. The Balaban J connectivity index is 1.77. The van der Waals surface area contributed by atoms with Crippen LogP contribution in [0.2, 0.25) is 10.0 Å². The molecular formula is C22H22Cl3N3O5S. The first-order valence-electron chi connectivity index (χ1n) is 10.4. The van der Waals surface area contributed by atoms with Crippen LogP contribution in [0.1, 0.15) is 18.4 Å². The zero-order chi connectivity index (χ0) is 24.7. The molecule has 0 N–H and O–H groups in total. The third kappa shape index (κ3) is 6.68. The van der Waals surface area contributed by atoms with E-state index in [9.17, 15) is 18.5 Å². The third-order valence-corrected chi connectivity index (χ3v) is 7.63. The number of ether oxygens (including phenoxy) is 2. The van der Waals surface area contributed by atoms with Crippen molar-refractivity contribution in [1.29, 1.82) is 5.26 Å². The molecule has 1 aliphatic rings. The highest BCUT2D eigenvalue weighted by atomic mass is 35.5. The van der Waals surface area contributed by atoms with Crippen molar-refractivity contribution in [2.45, 2.75) is 17.7 Å². The van der Waals surface area contributed by atoms with Crippen LogP contribution in [0.5, 0.6) is 11.5 Å². The number of amides is 1. The lowest BCUT2D eigenvalue weighted by Crippen LogP contribution is -2.50. The summed E-state index contributed by atoms with van der Waals surface area (Å²) in [4.78, 5) is 13.5. The molecule has 0 aromatic heterocycles. The van der Waals surface area contributed by atoms with E-state index in [1.807, 2.05) is 6.07 Å². The molecule has 1 amide bonds. The Morgan fingerprint density at radius 3 is 2.32 bits per heavy atom. The van der Waals surface area contributed by atoms with Gasteiger partial charge in [-0.3, -0.25) is 0 Å². The van der Waals surface area contributed by atoms with Gasteiger partial charge in [0.15, 0.2) is 0 Å². The van der Waals surface area contributed by atoms with E-state index in [4.69, 9.17) is 44.3 Å². The number of halogens is 3. The lowest BCUT2D eigenvalue weighted by molar-refractivity contribution is 0.0882. The first-order valence-corrected chi connectivity index (χ1v) is 13.1. The molecule has 1 heterocycles. The van der Waals surface area contributed by atoms with Gasteiger partial charge >= 0.3 is 6.09 Å². The van der Waals surface area contributed by atoms with Gasteiger partial charge < -0.3 is 14.4 Å². The number of nitriles is 1. The summed E-state index contributed by atoms with van der Waals surface area (Å²) in [7, 11) is -4.04. The molecule has 0 unspecified atom stereocenters. The predicted molar refractivity (Wildman–Crippen MR) is 129 cm³/mol. The third-order valence-electron chi connectivity index (χ3n) is 5.00. The van der Waals surface area contributed by atoms with Crippen LogP contribution < -0.4 is 4.74 Å². The van der Waals surface area contributed by atoms with E-state index in [1.165, 1.54) is 45.6 Å². The van der Waals surface area contributed by atoms with E-state index >= 15 is 0 Å². The lowest BCUT2D eigenvalue weighted by Gasteiger charge is -2.33. The molecule has 8 nitrogen and oxygen atoms in total. The van der Waals surface area contributed by atoms with Gasteiger partial charge in [-0.25, -0.2) is 13.2 Å². The molecule has 0 aliphatic carbocycles. The maximum atomic E-state index is 13.5. The largest absolute Gasteiger partial charge is 0.456 e. The maximum absolute atomic E-state index is 13.5. The summed E-state index contributed by atoms with van der Waals surface area (Å²) >= 11 is 17.7. The molecule has 0 spiro atoms. The summed E-state index contributed by atoms with van der Waals surface area (Å²) in [6, 6.07) is 10.6. The molecule has 12 heteroatoms. The van der Waals surface area contributed by atoms with E-state index in [0.29, 0.717) is 22.3 Å². The van der Waals surface area contributed by atoms with E-state index in [1.54, 1.807) is 0 Å². The zero-order valence-electron chi connectivity index (χ0n) is 18.0. The van der Waals surface area contributed by atoms with Crippen LogP contribution in [0.3, 0.4) is 0 Å². The Kier molecular flexibility index (Phi) is 9.28. The smallest absolute Gasteiger partial charge is 0.409 e. The van der Waals surface area contributed by atoms with E-state index in [-0.39, 0.29) is 54.7 Å². The highest BCUT2D eigenvalue weighted by Gasteiger charge is 2.33. The molecule has 2 aromatic carbocycles. The Bertz CT molecular complexity index is 1160. The molecule has 1 fully saturated rings. The van der Waals surface area contributed by atoms with Gasteiger partial charge in [0.2, 0.25) is 10.0 Å². The topological polar surface area (TPSA) is 99.9 Å². The van der Waals surface area contributed by atoms with Crippen molar-refractivity contribution >= 4 is 50.9 Å².